The Morgan fingerprint density at radius 1 is 1.32 bits per heavy atom. The van der Waals surface area contributed by atoms with Gasteiger partial charge in [0.25, 0.3) is 5.91 Å². The molecule has 1 aromatic carbocycles. The van der Waals surface area contributed by atoms with E-state index in [0.717, 1.165) is 31.0 Å². The molecule has 1 aromatic heterocycles. The van der Waals surface area contributed by atoms with E-state index in [1.807, 2.05) is 4.90 Å². The molecule has 2 fully saturated rings. The first-order valence-corrected chi connectivity index (χ1v) is 9.21. The van der Waals surface area contributed by atoms with Crippen molar-refractivity contribution in [3.8, 4) is 0 Å². The molecule has 0 bridgehead atoms. The molecule has 130 valence electrons. The van der Waals surface area contributed by atoms with Crippen LogP contribution in [0.15, 0.2) is 29.0 Å². The number of aromatic nitrogens is 1. The fourth-order valence-corrected chi connectivity index (χ4v) is 4.27. The van der Waals surface area contributed by atoms with Crippen molar-refractivity contribution < 1.29 is 18.8 Å². The first-order valence-electron chi connectivity index (χ1n) is 8.23. The van der Waals surface area contributed by atoms with E-state index in [2.05, 4.69) is 10.3 Å². The summed E-state index contributed by atoms with van der Waals surface area (Å²) in [6.07, 6.45) is 3.61. The second-order valence-electron chi connectivity index (χ2n) is 6.23. The van der Waals surface area contributed by atoms with Crippen LogP contribution < -0.4 is 5.32 Å². The number of nitrogens with one attached hydrogen (secondary N) is 1. The van der Waals surface area contributed by atoms with Crippen LogP contribution in [0.5, 0.6) is 0 Å². The zero-order valence-corrected chi connectivity index (χ0v) is 14.3. The molecule has 1 N–H and O–H groups in total. The van der Waals surface area contributed by atoms with Gasteiger partial charge in [0, 0.05) is 12.1 Å². The highest BCUT2D eigenvalue weighted by atomic mass is 32.2. The Morgan fingerprint density at radius 2 is 2.20 bits per heavy atom. The molecule has 2 aliphatic rings. The zero-order valence-electron chi connectivity index (χ0n) is 13.4. The smallest absolute Gasteiger partial charge is 0.252 e. The van der Waals surface area contributed by atoms with Crippen molar-refractivity contribution in [2.45, 2.75) is 31.5 Å². The average molecular weight is 359 g/mol. The molecule has 0 radical (unpaired) electrons. The van der Waals surface area contributed by atoms with E-state index in [0.29, 0.717) is 23.2 Å². The molecule has 25 heavy (non-hydrogen) atoms. The van der Waals surface area contributed by atoms with E-state index in [4.69, 9.17) is 4.42 Å². The lowest BCUT2D eigenvalue weighted by atomic mass is 10.0. The Morgan fingerprint density at radius 3 is 3.00 bits per heavy atom. The normalized spacial score (nSPS) is 24.8. The number of carbonyl (C=O) groups excluding carboxylic acids is 3. The second kappa shape index (κ2) is 6.61. The summed E-state index contributed by atoms with van der Waals surface area (Å²) in [5.41, 5.74) is 1.71. The lowest BCUT2D eigenvalue weighted by Gasteiger charge is -2.38. The van der Waals surface area contributed by atoms with Crippen LogP contribution in [0.4, 0.5) is 0 Å². The highest BCUT2D eigenvalue weighted by Crippen LogP contribution is 2.27. The fraction of sp³-hybridized carbons (Fsp3) is 0.412. The number of thioether (sulfide) groups is 1. The van der Waals surface area contributed by atoms with Crippen LogP contribution in [0.1, 0.15) is 29.6 Å². The molecule has 4 rings (SSSR count). The third-order valence-electron chi connectivity index (χ3n) is 4.65. The van der Waals surface area contributed by atoms with Gasteiger partial charge >= 0.3 is 0 Å². The van der Waals surface area contributed by atoms with E-state index in [1.54, 1.807) is 18.2 Å². The number of Topliss-reactive ketones (excluding diaryl/α,β-unsaturated/α-hetero) is 1. The summed E-state index contributed by atoms with van der Waals surface area (Å²) < 4.78 is 5.18. The van der Waals surface area contributed by atoms with Gasteiger partial charge in [0.2, 0.25) is 5.12 Å². The molecule has 2 unspecified atom stereocenters. The monoisotopic (exact) mass is 359 g/mol. The summed E-state index contributed by atoms with van der Waals surface area (Å²) >= 11 is 1.07. The van der Waals surface area contributed by atoms with Crippen LogP contribution in [0.2, 0.25) is 0 Å². The third kappa shape index (κ3) is 3.07. The minimum atomic E-state index is -0.728. The van der Waals surface area contributed by atoms with Crippen molar-refractivity contribution in [3.63, 3.8) is 0 Å². The number of piperidine rings is 1. The number of oxazole rings is 1. The number of nitrogens with zero attached hydrogens (tertiary/aromatic N) is 2. The molecule has 2 atom stereocenters. The van der Waals surface area contributed by atoms with Gasteiger partial charge in [0.1, 0.15) is 11.6 Å². The van der Waals surface area contributed by atoms with Crippen LogP contribution in [-0.2, 0) is 9.59 Å². The number of hydrogen-bond acceptors (Lipinski definition) is 7. The highest BCUT2D eigenvalue weighted by molar-refractivity contribution is 8.15. The van der Waals surface area contributed by atoms with Gasteiger partial charge in [-0.3, -0.25) is 19.3 Å². The summed E-state index contributed by atoms with van der Waals surface area (Å²) in [5, 5.41) is 2.86. The first kappa shape index (κ1) is 16.3. The van der Waals surface area contributed by atoms with Gasteiger partial charge in [0.05, 0.1) is 11.9 Å². The van der Waals surface area contributed by atoms with Crippen molar-refractivity contribution in [1.29, 1.82) is 0 Å². The number of hydrogen-bond donors (Lipinski definition) is 1. The maximum absolute atomic E-state index is 12.6. The molecule has 2 saturated heterocycles. The van der Waals surface area contributed by atoms with Crippen LogP contribution in [0.3, 0.4) is 0 Å². The van der Waals surface area contributed by atoms with Crippen molar-refractivity contribution >= 4 is 39.7 Å². The highest BCUT2D eigenvalue weighted by Gasteiger charge is 2.42. The minimum absolute atomic E-state index is 0.0693. The molecule has 0 spiro atoms. The minimum Gasteiger partial charge on any atom is -0.443 e. The summed E-state index contributed by atoms with van der Waals surface area (Å²) in [5.74, 6) is -0.0868. The molecular formula is C17H17N3O4S. The molecule has 7 nitrogen and oxygen atoms in total. The quantitative estimate of drug-likeness (QED) is 0.832. The number of carbonyl (C=O) groups is 3. The molecule has 8 heteroatoms. The van der Waals surface area contributed by atoms with Crippen LogP contribution in [0, 0.1) is 0 Å². The number of fused-ring (bicyclic) bond motifs is 1. The van der Waals surface area contributed by atoms with Crippen molar-refractivity contribution in [3.05, 3.63) is 30.2 Å². The lowest BCUT2D eigenvalue weighted by molar-refractivity contribution is -0.129. The van der Waals surface area contributed by atoms with Gasteiger partial charge in [-0.1, -0.05) is 11.8 Å². The predicted molar refractivity (Wildman–Crippen MR) is 92.1 cm³/mol. The van der Waals surface area contributed by atoms with Gasteiger partial charge in [0.15, 0.2) is 17.8 Å². The molecule has 1 amide bonds. The number of rotatable bonds is 3. The topological polar surface area (TPSA) is 92.5 Å². The van der Waals surface area contributed by atoms with Crippen molar-refractivity contribution in [1.82, 2.24) is 15.2 Å². The van der Waals surface area contributed by atoms with Crippen molar-refractivity contribution in [2.75, 3.05) is 12.3 Å². The second-order valence-corrected chi connectivity index (χ2v) is 7.21. The summed E-state index contributed by atoms with van der Waals surface area (Å²) in [6, 6.07) is 4.32. The Bertz CT molecular complexity index is 833. The van der Waals surface area contributed by atoms with Gasteiger partial charge in [-0.15, -0.1) is 0 Å². The summed E-state index contributed by atoms with van der Waals surface area (Å²) in [6.45, 7) is 0.635. The van der Waals surface area contributed by atoms with Gasteiger partial charge < -0.3 is 9.73 Å². The largest absolute Gasteiger partial charge is 0.443 e. The average Bonchev–Trinajstić information content (AvgIpc) is 3.21. The first-order chi connectivity index (χ1) is 12.1. The fourth-order valence-electron chi connectivity index (χ4n) is 3.40. The molecular weight excluding hydrogens is 342 g/mol. The Balaban J connectivity index is 1.53. The van der Waals surface area contributed by atoms with E-state index < -0.39 is 6.04 Å². The molecule has 0 aliphatic carbocycles. The lowest BCUT2D eigenvalue weighted by Crippen LogP contribution is -2.57. The summed E-state index contributed by atoms with van der Waals surface area (Å²) in [4.78, 5) is 42.7. The van der Waals surface area contributed by atoms with Gasteiger partial charge in [-0.25, -0.2) is 4.98 Å². The Labute approximate surface area is 148 Å². The van der Waals surface area contributed by atoms with Gasteiger partial charge in [-0.05, 0) is 37.5 Å². The molecule has 3 heterocycles. The van der Waals surface area contributed by atoms with Crippen LogP contribution >= 0.6 is 11.8 Å². The maximum atomic E-state index is 12.6. The van der Waals surface area contributed by atoms with E-state index in [9.17, 15) is 14.4 Å². The Hall–Kier alpha value is -2.19. The SMILES string of the molecule is O=C(NC1CCCCN1C1C(=O)CSC1=O)c1ccc2ocnc2c1. The number of likely N-dealkylation sites (tertiary alicyclic amines) is 1. The van der Waals surface area contributed by atoms with E-state index in [-0.39, 0.29) is 28.7 Å². The van der Waals surface area contributed by atoms with Crippen LogP contribution in [0.25, 0.3) is 11.1 Å². The maximum Gasteiger partial charge on any atom is 0.252 e. The summed E-state index contributed by atoms with van der Waals surface area (Å²) in [7, 11) is 0. The number of amides is 1. The molecule has 2 aliphatic heterocycles. The standard InChI is InChI=1S/C17H17N3O4S/c21-12-8-25-17(23)15(12)20-6-2-1-3-14(20)19-16(22)10-4-5-13-11(7-10)18-9-24-13/h4-5,7,9,14-15H,1-3,6,8H2,(H,19,22). The van der Waals surface area contributed by atoms with Crippen LogP contribution in [-0.4, -0.2) is 51.2 Å². The third-order valence-corrected chi connectivity index (χ3v) is 5.59. The van der Waals surface area contributed by atoms with Crippen molar-refractivity contribution in [2.24, 2.45) is 0 Å². The van der Waals surface area contributed by atoms with E-state index >= 15 is 0 Å². The predicted octanol–water partition coefficient (Wildman–Crippen LogP) is 1.58. The molecule has 0 saturated carbocycles. The Kier molecular flexibility index (Phi) is 4.30. The zero-order chi connectivity index (χ0) is 17.4. The van der Waals surface area contributed by atoms with E-state index in [1.165, 1.54) is 6.39 Å². The molecule has 2 aromatic rings. The number of benzene rings is 1. The van der Waals surface area contributed by atoms with Gasteiger partial charge in [-0.2, -0.15) is 0 Å². The number of ketones is 1.